The first kappa shape index (κ1) is 14.0. The maximum absolute atomic E-state index is 6.14. The third kappa shape index (κ3) is 3.12. The molecule has 0 bridgehead atoms. The van der Waals surface area contributed by atoms with Crippen LogP contribution in [0.5, 0.6) is 5.75 Å². The van der Waals surface area contributed by atoms with Gasteiger partial charge in [-0.05, 0) is 59.7 Å². The number of hydrogen-bond donors (Lipinski definition) is 1. The molecule has 1 aliphatic rings. The highest BCUT2D eigenvalue weighted by Gasteiger charge is 2.26. The van der Waals surface area contributed by atoms with Crippen molar-refractivity contribution >= 4 is 33.2 Å². The van der Waals surface area contributed by atoms with Gasteiger partial charge in [0.1, 0.15) is 6.10 Å². The predicted octanol–water partition coefficient (Wildman–Crippen LogP) is 5.03. The SMILES string of the molecule is CCC1CCCCC1Oc1c(N)cc(Cl)cc1Br. The number of benzene rings is 1. The van der Waals surface area contributed by atoms with E-state index in [1.54, 1.807) is 6.07 Å². The van der Waals surface area contributed by atoms with E-state index in [4.69, 9.17) is 22.1 Å². The van der Waals surface area contributed by atoms with Crippen LogP contribution in [0.1, 0.15) is 39.0 Å². The van der Waals surface area contributed by atoms with Gasteiger partial charge in [0, 0.05) is 5.02 Å². The molecule has 0 saturated heterocycles. The topological polar surface area (TPSA) is 35.2 Å². The van der Waals surface area contributed by atoms with E-state index < -0.39 is 0 Å². The second kappa shape index (κ2) is 6.16. The lowest BCUT2D eigenvalue weighted by Crippen LogP contribution is -2.30. The van der Waals surface area contributed by atoms with E-state index in [1.165, 1.54) is 19.3 Å². The van der Waals surface area contributed by atoms with Gasteiger partial charge in [0.05, 0.1) is 10.2 Å². The van der Waals surface area contributed by atoms with Crippen LogP contribution in [0.2, 0.25) is 5.02 Å². The monoisotopic (exact) mass is 331 g/mol. The summed E-state index contributed by atoms with van der Waals surface area (Å²) < 4.78 is 6.99. The molecular weight excluding hydrogens is 314 g/mol. The molecule has 2 unspecified atom stereocenters. The van der Waals surface area contributed by atoms with Gasteiger partial charge in [-0.3, -0.25) is 0 Å². The zero-order valence-electron chi connectivity index (χ0n) is 10.6. The lowest BCUT2D eigenvalue weighted by Gasteiger charge is -2.32. The molecule has 2 N–H and O–H groups in total. The Hall–Kier alpha value is -0.410. The second-order valence-electron chi connectivity index (χ2n) is 4.92. The van der Waals surface area contributed by atoms with E-state index in [0.29, 0.717) is 16.6 Å². The van der Waals surface area contributed by atoms with E-state index in [9.17, 15) is 0 Å². The van der Waals surface area contributed by atoms with Gasteiger partial charge in [-0.25, -0.2) is 0 Å². The van der Waals surface area contributed by atoms with Crippen molar-refractivity contribution in [2.75, 3.05) is 5.73 Å². The number of anilines is 1. The summed E-state index contributed by atoms with van der Waals surface area (Å²) in [7, 11) is 0. The number of rotatable bonds is 3. The molecule has 2 rings (SSSR count). The van der Waals surface area contributed by atoms with Crippen LogP contribution in [0.25, 0.3) is 0 Å². The first-order chi connectivity index (χ1) is 8.61. The average molecular weight is 333 g/mol. The van der Waals surface area contributed by atoms with Gasteiger partial charge in [-0.2, -0.15) is 0 Å². The van der Waals surface area contributed by atoms with Gasteiger partial charge in [0.2, 0.25) is 0 Å². The quantitative estimate of drug-likeness (QED) is 0.788. The Morgan fingerprint density at radius 2 is 2.11 bits per heavy atom. The van der Waals surface area contributed by atoms with Crippen molar-refractivity contribution in [3.8, 4) is 5.75 Å². The molecule has 1 aromatic rings. The molecule has 18 heavy (non-hydrogen) atoms. The number of halogens is 2. The Labute approximate surface area is 122 Å². The van der Waals surface area contributed by atoms with Crippen LogP contribution in [-0.2, 0) is 0 Å². The Morgan fingerprint density at radius 3 is 2.78 bits per heavy atom. The summed E-state index contributed by atoms with van der Waals surface area (Å²) in [6, 6.07) is 3.57. The molecule has 0 heterocycles. The molecule has 1 saturated carbocycles. The van der Waals surface area contributed by atoms with Crippen molar-refractivity contribution < 1.29 is 4.74 Å². The van der Waals surface area contributed by atoms with Gasteiger partial charge in [-0.15, -0.1) is 0 Å². The third-order valence-electron chi connectivity index (χ3n) is 3.67. The number of nitrogen functional groups attached to an aromatic ring is 1. The molecule has 2 atom stereocenters. The third-order valence-corrected chi connectivity index (χ3v) is 4.48. The standard InChI is InChI=1S/C14H19BrClNO/c1-2-9-5-3-4-6-13(9)18-14-11(15)7-10(16)8-12(14)17/h7-9,13H,2-6,17H2,1H3. The van der Waals surface area contributed by atoms with E-state index in [1.807, 2.05) is 6.07 Å². The molecule has 1 aromatic carbocycles. The Bertz CT molecular complexity index is 401. The normalized spacial score (nSPS) is 23.9. The van der Waals surface area contributed by atoms with Crippen LogP contribution in [0.3, 0.4) is 0 Å². The van der Waals surface area contributed by atoms with Crippen LogP contribution in [0.15, 0.2) is 16.6 Å². The average Bonchev–Trinajstić information content (AvgIpc) is 2.34. The Balaban J connectivity index is 2.17. The molecule has 1 aliphatic carbocycles. The molecule has 0 amide bonds. The molecule has 4 heteroatoms. The van der Waals surface area contributed by atoms with Crippen molar-refractivity contribution in [3.63, 3.8) is 0 Å². The van der Waals surface area contributed by atoms with Gasteiger partial charge in [0.25, 0.3) is 0 Å². The van der Waals surface area contributed by atoms with Crippen LogP contribution >= 0.6 is 27.5 Å². The van der Waals surface area contributed by atoms with Crippen molar-refractivity contribution in [1.82, 2.24) is 0 Å². The van der Waals surface area contributed by atoms with Crippen LogP contribution in [-0.4, -0.2) is 6.10 Å². The highest BCUT2D eigenvalue weighted by atomic mass is 79.9. The van der Waals surface area contributed by atoms with Crippen molar-refractivity contribution in [1.29, 1.82) is 0 Å². The molecule has 100 valence electrons. The van der Waals surface area contributed by atoms with Crippen molar-refractivity contribution in [3.05, 3.63) is 21.6 Å². The minimum absolute atomic E-state index is 0.281. The number of nitrogens with two attached hydrogens (primary N) is 1. The minimum Gasteiger partial charge on any atom is -0.487 e. The van der Waals surface area contributed by atoms with Gasteiger partial charge >= 0.3 is 0 Å². The zero-order valence-corrected chi connectivity index (χ0v) is 12.9. The highest BCUT2D eigenvalue weighted by molar-refractivity contribution is 9.10. The highest BCUT2D eigenvalue weighted by Crippen LogP contribution is 2.38. The summed E-state index contributed by atoms with van der Waals surface area (Å²) in [6.07, 6.45) is 6.38. The van der Waals surface area contributed by atoms with Gasteiger partial charge in [0.15, 0.2) is 5.75 Å². The van der Waals surface area contributed by atoms with E-state index in [-0.39, 0.29) is 6.10 Å². The van der Waals surface area contributed by atoms with E-state index in [0.717, 1.165) is 23.1 Å². The Kier molecular flexibility index (Phi) is 4.79. The lowest BCUT2D eigenvalue weighted by atomic mass is 9.85. The fourth-order valence-corrected chi connectivity index (χ4v) is 3.58. The first-order valence-electron chi connectivity index (χ1n) is 6.53. The summed E-state index contributed by atoms with van der Waals surface area (Å²) in [5, 5.41) is 0.627. The zero-order chi connectivity index (χ0) is 13.1. The predicted molar refractivity (Wildman–Crippen MR) is 80.2 cm³/mol. The van der Waals surface area contributed by atoms with Gasteiger partial charge < -0.3 is 10.5 Å². The largest absolute Gasteiger partial charge is 0.487 e. The summed E-state index contributed by atoms with van der Waals surface area (Å²) in [5.74, 6) is 1.38. The van der Waals surface area contributed by atoms with Gasteiger partial charge in [-0.1, -0.05) is 24.9 Å². The van der Waals surface area contributed by atoms with Crippen LogP contribution < -0.4 is 10.5 Å². The smallest absolute Gasteiger partial charge is 0.156 e. The Morgan fingerprint density at radius 1 is 1.39 bits per heavy atom. The van der Waals surface area contributed by atoms with Crippen molar-refractivity contribution in [2.24, 2.45) is 5.92 Å². The summed E-state index contributed by atoms with van der Waals surface area (Å²) in [4.78, 5) is 0. The number of ether oxygens (including phenoxy) is 1. The molecule has 1 fully saturated rings. The molecule has 0 aliphatic heterocycles. The fraction of sp³-hybridized carbons (Fsp3) is 0.571. The first-order valence-corrected chi connectivity index (χ1v) is 7.70. The summed E-state index contributed by atoms with van der Waals surface area (Å²) in [5.41, 5.74) is 6.59. The van der Waals surface area contributed by atoms with E-state index in [2.05, 4.69) is 22.9 Å². The molecular formula is C14H19BrClNO. The van der Waals surface area contributed by atoms with E-state index >= 15 is 0 Å². The van der Waals surface area contributed by atoms with Crippen LogP contribution in [0, 0.1) is 5.92 Å². The maximum atomic E-state index is 6.14. The molecule has 0 aromatic heterocycles. The second-order valence-corrected chi connectivity index (χ2v) is 6.21. The fourth-order valence-electron chi connectivity index (χ4n) is 2.65. The van der Waals surface area contributed by atoms with Crippen LogP contribution in [0.4, 0.5) is 5.69 Å². The van der Waals surface area contributed by atoms with Crippen molar-refractivity contribution in [2.45, 2.75) is 45.1 Å². The maximum Gasteiger partial charge on any atom is 0.156 e. The molecule has 0 radical (unpaired) electrons. The molecule has 2 nitrogen and oxygen atoms in total. The minimum atomic E-state index is 0.281. The summed E-state index contributed by atoms with van der Waals surface area (Å²) in [6.45, 7) is 2.23. The lowest BCUT2D eigenvalue weighted by molar-refractivity contribution is 0.0904. The summed E-state index contributed by atoms with van der Waals surface area (Å²) >= 11 is 9.43. The molecule has 0 spiro atoms. The number of hydrogen-bond acceptors (Lipinski definition) is 2.